The molecule has 0 heterocycles. The van der Waals surface area contributed by atoms with Gasteiger partial charge in [-0.15, -0.1) is 0 Å². The van der Waals surface area contributed by atoms with E-state index in [1.54, 1.807) is 6.08 Å². The monoisotopic (exact) mass is 262 g/mol. The smallest absolute Gasteiger partial charge is 0.159 e. The highest BCUT2D eigenvalue weighted by atomic mass is 16.5. The van der Waals surface area contributed by atoms with Gasteiger partial charge >= 0.3 is 0 Å². The number of ether oxygens (including phenoxy) is 1. The quantitative estimate of drug-likeness (QED) is 0.710. The van der Waals surface area contributed by atoms with Gasteiger partial charge in [-0.2, -0.15) is 0 Å². The summed E-state index contributed by atoms with van der Waals surface area (Å²) in [6, 6.07) is 0. The van der Waals surface area contributed by atoms with Gasteiger partial charge in [-0.3, -0.25) is 4.79 Å². The predicted molar refractivity (Wildman–Crippen MR) is 77.7 cm³/mol. The molecule has 2 aliphatic rings. The molecule has 3 atom stereocenters. The molecule has 0 saturated heterocycles. The van der Waals surface area contributed by atoms with Gasteiger partial charge in [0.15, 0.2) is 5.78 Å². The van der Waals surface area contributed by atoms with Crippen LogP contribution in [0.3, 0.4) is 0 Å². The van der Waals surface area contributed by atoms with Crippen LogP contribution in [0.15, 0.2) is 24.0 Å². The lowest BCUT2D eigenvalue weighted by Gasteiger charge is -2.43. The molecule has 0 aromatic rings. The molecule has 2 rings (SSSR count). The molecule has 0 aromatic heterocycles. The van der Waals surface area contributed by atoms with Crippen LogP contribution in [0.1, 0.15) is 53.4 Å². The zero-order chi connectivity index (χ0) is 14.2. The van der Waals surface area contributed by atoms with Crippen molar-refractivity contribution in [2.24, 2.45) is 17.3 Å². The average molecular weight is 262 g/mol. The van der Waals surface area contributed by atoms with Crippen LogP contribution in [-0.2, 0) is 9.53 Å². The van der Waals surface area contributed by atoms with Gasteiger partial charge in [0.2, 0.25) is 0 Å². The van der Waals surface area contributed by atoms with E-state index in [1.165, 1.54) is 18.4 Å². The fourth-order valence-corrected chi connectivity index (χ4v) is 4.00. The Labute approximate surface area is 116 Å². The molecule has 0 amide bonds. The number of rotatable bonds is 3. The molecule has 19 heavy (non-hydrogen) atoms. The largest absolute Gasteiger partial charge is 0.495 e. The number of hydrogen-bond donors (Lipinski definition) is 0. The normalized spacial score (nSPS) is 34.8. The first-order valence-corrected chi connectivity index (χ1v) is 7.45. The molecule has 1 fully saturated rings. The molecular weight excluding hydrogens is 236 g/mol. The highest BCUT2D eigenvalue weighted by Gasteiger charge is 2.53. The molecular formula is C17H26O2. The number of hydrogen-bond acceptors (Lipinski definition) is 2. The summed E-state index contributed by atoms with van der Waals surface area (Å²) in [7, 11) is 0. The van der Waals surface area contributed by atoms with Crippen molar-refractivity contribution in [3.8, 4) is 0 Å². The fourth-order valence-electron chi connectivity index (χ4n) is 4.00. The highest BCUT2D eigenvalue weighted by molar-refractivity contribution is 5.91. The lowest BCUT2D eigenvalue weighted by Crippen LogP contribution is -2.39. The fraction of sp³-hybridized carbons (Fsp3) is 0.706. The number of carbonyl (C=O) groups is 1. The van der Waals surface area contributed by atoms with Gasteiger partial charge in [-0.25, -0.2) is 0 Å². The van der Waals surface area contributed by atoms with Crippen molar-refractivity contribution in [1.82, 2.24) is 0 Å². The maximum Gasteiger partial charge on any atom is 0.159 e. The topological polar surface area (TPSA) is 26.3 Å². The van der Waals surface area contributed by atoms with E-state index < -0.39 is 0 Å². The minimum Gasteiger partial charge on any atom is -0.495 e. The van der Waals surface area contributed by atoms with Crippen LogP contribution in [0.5, 0.6) is 0 Å². The highest BCUT2D eigenvalue weighted by Crippen LogP contribution is 2.59. The van der Waals surface area contributed by atoms with Crippen LogP contribution in [0.25, 0.3) is 0 Å². The van der Waals surface area contributed by atoms with E-state index in [0.717, 1.165) is 12.2 Å². The summed E-state index contributed by atoms with van der Waals surface area (Å²) in [6.07, 6.45) is 5.82. The molecule has 1 spiro atoms. The first kappa shape index (κ1) is 14.4. The van der Waals surface area contributed by atoms with Gasteiger partial charge in [-0.1, -0.05) is 19.1 Å². The summed E-state index contributed by atoms with van der Waals surface area (Å²) < 4.78 is 6.05. The second kappa shape index (κ2) is 5.15. The summed E-state index contributed by atoms with van der Waals surface area (Å²) in [5.74, 6) is 2.16. The Balaban J connectivity index is 2.45. The summed E-state index contributed by atoms with van der Waals surface area (Å²) in [5.41, 5.74) is 1.25. The van der Waals surface area contributed by atoms with Gasteiger partial charge < -0.3 is 4.74 Å². The van der Waals surface area contributed by atoms with Crippen LogP contribution in [0.2, 0.25) is 0 Å². The Morgan fingerprint density at radius 1 is 1.47 bits per heavy atom. The predicted octanol–water partition coefficient (Wildman–Crippen LogP) is 4.27. The van der Waals surface area contributed by atoms with Gasteiger partial charge in [0.1, 0.15) is 5.76 Å². The van der Waals surface area contributed by atoms with Gasteiger partial charge in [-0.05, 0) is 51.9 Å². The summed E-state index contributed by atoms with van der Waals surface area (Å²) in [4.78, 5) is 11.8. The lowest BCUT2D eigenvalue weighted by molar-refractivity contribution is -0.117. The van der Waals surface area contributed by atoms with Crippen molar-refractivity contribution < 1.29 is 9.53 Å². The first-order valence-electron chi connectivity index (χ1n) is 7.45. The lowest BCUT2D eigenvalue weighted by atomic mass is 9.63. The minimum absolute atomic E-state index is 0.0179. The second-order valence-electron chi connectivity index (χ2n) is 6.56. The van der Waals surface area contributed by atoms with Crippen LogP contribution in [0, 0.1) is 17.3 Å². The second-order valence-corrected chi connectivity index (χ2v) is 6.56. The van der Waals surface area contributed by atoms with Gasteiger partial charge in [0, 0.05) is 17.9 Å². The van der Waals surface area contributed by atoms with Crippen molar-refractivity contribution >= 4 is 5.78 Å². The van der Waals surface area contributed by atoms with Crippen LogP contribution in [0.4, 0.5) is 0 Å². The molecule has 2 aliphatic carbocycles. The molecule has 0 N–H and O–H groups in total. The summed E-state index contributed by atoms with van der Waals surface area (Å²) in [5, 5.41) is 0. The zero-order valence-corrected chi connectivity index (χ0v) is 12.7. The van der Waals surface area contributed by atoms with E-state index in [9.17, 15) is 4.79 Å². The third kappa shape index (κ3) is 2.37. The van der Waals surface area contributed by atoms with E-state index in [1.807, 2.05) is 13.8 Å². The Morgan fingerprint density at radius 2 is 2.16 bits per heavy atom. The van der Waals surface area contributed by atoms with Gasteiger partial charge in [0.25, 0.3) is 0 Å². The third-order valence-electron chi connectivity index (χ3n) is 4.88. The SMILES string of the molecule is C=C(C)[C@@H]1CC[C@@H](C)[C@@]12CCC(=O)C=C2OC(C)C. The standard InChI is InChI=1S/C17H26O2/c1-11(2)15-7-6-13(5)17(15)9-8-14(18)10-16(17)19-12(3)4/h10,12-13,15H,1,6-9H2,2-5H3/t13-,15+,17+/m1/s1. The van der Waals surface area contributed by atoms with Crippen molar-refractivity contribution in [2.75, 3.05) is 0 Å². The molecule has 2 nitrogen and oxygen atoms in total. The third-order valence-corrected chi connectivity index (χ3v) is 4.88. The molecule has 0 aromatic carbocycles. The van der Waals surface area contributed by atoms with Crippen LogP contribution in [-0.4, -0.2) is 11.9 Å². The Hall–Kier alpha value is -1.05. The number of ketones is 1. The van der Waals surface area contributed by atoms with Gasteiger partial charge in [0.05, 0.1) is 6.10 Å². The van der Waals surface area contributed by atoms with Crippen molar-refractivity contribution in [3.63, 3.8) is 0 Å². The Kier molecular flexibility index (Phi) is 3.89. The Morgan fingerprint density at radius 3 is 2.74 bits per heavy atom. The molecule has 2 heteroatoms. The maximum absolute atomic E-state index is 11.8. The zero-order valence-electron chi connectivity index (χ0n) is 12.7. The van der Waals surface area contributed by atoms with Crippen molar-refractivity contribution in [3.05, 3.63) is 24.0 Å². The maximum atomic E-state index is 11.8. The average Bonchev–Trinajstić information content (AvgIpc) is 2.62. The molecule has 106 valence electrons. The molecule has 1 saturated carbocycles. The minimum atomic E-state index is 0.0179. The van der Waals surface area contributed by atoms with Crippen LogP contribution < -0.4 is 0 Å². The molecule has 0 radical (unpaired) electrons. The summed E-state index contributed by atoms with van der Waals surface area (Å²) in [6.45, 7) is 12.7. The van der Waals surface area contributed by atoms with E-state index in [2.05, 4.69) is 20.4 Å². The van der Waals surface area contributed by atoms with E-state index >= 15 is 0 Å². The Bertz CT molecular complexity index is 419. The van der Waals surface area contributed by atoms with Crippen molar-refractivity contribution in [2.45, 2.75) is 59.5 Å². The van der Waals surface area contributed by atoms with E-state index in [0.29, 0.717) is 18.3 Å². The molecule has 0 bridgehead atoms. The van der Waals surface area contributed by atoms with Crippen molar-refractivity contribution in [1.29, 1.82) is 0 Å². The van der Waals surface area contributed by atoms with E-state index in [4.69, 9.17) is 4.74 Å². The van der Waals surface area contributed by atoms with E-state index in [-0.39, 0.29) is 17.3 Å². The first-order chi connectivity index (χ1) is 8.87. The molecule has 0 aliphatic heterocycles. The number of carbonyl (C=O) groups excluding carboxylic acids is 1. The van der Waals surface area contributed by atoms with Crippen LogP contribution >= 0.6 is 0 Å². The molecule has 0 unspecified atom stereocenters. The summed E-state index contributed by atoms with van der Waals surface area (Å²) >= 11 is 0. The number of allylic oxidation sites excluding steroid dienone is 3.